The van der Waals surface area contributed by atoms with Crippen LogP contribution >= 0.6 is 11.6 Å². The zero-order chi connectivity index (χ0) is 9.97. The summed E-state index contributed by atoms with van der Waals surface area (Å²) in [6.45, 7) is 2.78. The Kier molecular flexibility index (Phi) is 2.64. The van der Waals surface area contributed by atoms with Crippen LogP contribution in [0.1, 0.15) is 13.3 Å². The number of hydrogen-bond acceptors (Lipinski definition) is 1. The number of hydrogen-bond donors (Lipinski definition) is 1. The van der Waals surface area contributed by atoms with Crippen molar-refractivity contribution in [1.29, 1.82) is 0 Å². The Balaban J connectivity index is 2.40. The number of ether oxygens (including phenoxy) is 1. The molecule has 0 fully saturated rings. The van der Waals surface area contributed by atoms with Crippen molar-refractivity contribution >= 4 is 22.5 Å². The summed E-state index contributed by atoms with van der Waals surface area (Å²) in [5, 5.41) is 1.71. The molecule has 0 spiro atoms. The molecule has 3 heteroatoms. The predicted molar refractivity (Wildman–Crippen MR) is 59.1 cm³/mol. The maximum Gasteiger partial charge on any atom is 0.138 e. The molecule has 1 N–H and O–H groups in total. The molecule has 0 saturated heterocycles. The minimum Gasteiger partial charge on any atom is -0.492 e. The van der Waals surface area contributed by atoms with Gasteiger partial charge in [0.15, 0.2) is 0 Å². The van der Waals surface area contributed by atoms with Crippen molar-refractivity contribution in [2.24, 2.45) is 0 Å². The zero-order valence-electron chi connectivity index (χ0n) is 8.01. The topological polar surface area (TPSA) is 25.0 Å². The van der Waals surface area contributed by atoms with E-state index in [1.807, 2.05) is 24.4 Å². The highest BCUT2D eigenvalue weighted by Gasteiger charge is 2.06. The zero-order valence-corrected chi connectivity index (χ0v) is 8.77. The summed E-state index contributed by atoms with van der Waals surface area (Å²) in [5.74, 6) is 0.764. The van der Waals surface area contributed by atoms with E-state index in [2.05, 4.69) is 11.9 Å². The number of halogens is 1. The van der Waals surface area contributed by atoms with Gasteiger partial charge in [-0.1, -0.05) is 18.5 Å². The summed E-state index contributed by atoms with van der Waals surface area (Å²) in [4.78, 5) is 3.10. The van der Waals surface area contributed by atoms with Crippen LogP contribution in [-0.2, 0) is 0 Å². The quantitative estimate of drug-likeness (QED) is 0.821. The molecule has 0 aliphatic rings. The monoisotopic (exact) mass is 209 g/mol. The first-order chi connectivity index (χ1) is 6.83. The Bertz CT molecular complexity index is 436. The van der Waals surface area contributed by atoms with Gasteiger partial charge in [0.2, 0.25) is 0 Å². The van der Waals surface area contributed by atoms with E-state index in [9.17, 15) is 0 Å². The lowest BCUT2D eigenvalue weighted by atomic mass is 10.2. The van der Waals surface area contributed by atoms with Crippen molar-refractivity contribution in [3.8, 4) is 5.75 Å². The van der Waals surface area contributed by atoms with Crippen LogP contribution in [0, 0.1) is 0 Å². The Hall–Kier alpha value is -1.15. The Morgan fingerprint density at radius 1 is 1.36 bits per heavy atom. The second-order valence-corrected chi connectivity index (χ2v) is 3.54. The number of nitrogens with one attached hydrogen (secondary N) is 1. The highest BCUT2D eigenvalue weighted by atomic mass is 35.5. The van der Waals surface area contributed by atoms with Gasteiger partial charge in [0.1, 0.15) is 5.75 Å². The Labute approximate surface area is 87.8 Å². The minimum atomic E-state index is 0.692. The molecule has 0 bridgehead atoms. The molecule has 2 nitrogen and oxygen atoms in total. The summed E-state index contributed by atoms with van der Waals surface area (Å²) >= 11 is 6.17. The van der Waals surface area contributed by atoms with Crippen LogP contribution in [-0.4, -0.2) is 11.6 Å². The fraction of sp³-hybridized carbons (Fsp3) is 0.273. The Morgan fingerprint density at radius 3 is 3.00 bits per heavy atom. The highest BCUT2D eigenvalue weighted by molar-refractivity contribution is 6.36. The lowest BCUT2D eigenvalue weighted by Crippen LogP contribution is -1.95. The minimum absolute atomic E-state index is 0.692. The second-order valence-electron chi connectivity index (χ2n) is 3.17. The van der Waals surface area contributed by atoms with Gasteiger partial charge in [-0.2, -0.15) is 0 Å². The van der Waals surface area contributed by atoms with E-state index < -0.39 is 0 Å². The average molecular weight is 210 g/mol. The largest absolute Gasteiger partial charge is 0.492 e. The van der Waals surface area contributed by atoms with Crippen LogP contribution in [0.3, 0.4) is 0 Å². The van der Waals surface area contributed by atoms with E-state index >= 15 is 0 Å². The molecular formula is C11H12ClNO. The number of aromatic amines is 1. The molecular weight excluding hydrogens is 198 g/mol. The van der Waals surface area contributed by atoms with Gasteiger partial charge in [0, 0.05) is 17.1 Å². The summed E-state index contributed by atoms with van der Waals surface area (Å²) < 4.78 is 5.52. The van der Waals surface area contributed by atoms with Crippen molar-refractivity contribution in [3.63, 3.8) is 0 Å². The van der Waals surface area contributed by atoms with Gasteiger partial charge in [-0.15, -0.1) is 0 Å². The number of aromatic nitrogens is 1. The number of fused-ring (bicyclic) bond motifs is 1. The molecule has 0 saturated carbocycles. The van der Waals surface area contributed by atoms with Gasteiger partial charge in [-0.05, 0) is 24.6 Å². The normalized spacial score (nSPS) is 10.7. The fourth-order valence-electron chi connectivity index (χ4n) is 1.40. The number of rotatable bonds is 3. The third-order valence-electron chi connectivity index (χ3n) is 2.09. The van der Waals surface area contributed by atoms with E-state index in [1.165, 1.54) is 0 Å². The van der Waals surface area contributed by atoms with Crippen molar-refractivity contribution in [3.05, 3.63) is 29.4 Å². The van der Waals surface area contributed by atoms with E-state index in [1.54, 1.807) is 0 Å². The predicted octanol–water partition coefficient (Wildman–Crippen LogP) is 3.61. The number of H-pyrrole nitrogens is 1. The van der Waals surface area contributed by atoms with Gasteiger partial charge < -0.3 is 9.72 Å². The molecule has 2 aromatic rings. The summed E-state index contributed by atoms with van der Waals surface area (Å²) in [6, 6.07) is 5.83. The lowest BCUT2D eigenvalue weighted by molar-refractivity contribution is 0.318. The standard InChI is InChI=1S/C11H12ClNO/c1-2-7-14-10-4-3-9-8(11(10)12)5-6-13-9/h3-6,13H,2,7H2,1H3. The maximum absolute atomic E-state index is 6.17. The molecule has 0 aliphatic heterocycles. The average Bonchev–Trinajstić information content (AvgIpc) is 2.66. The Morgan fingerprint density at radius 2 is 2.21 bits per heavy atom. The molecule has 0 radical (unpaired) electrons. The maximum atomic E-state index is 6.17. The van der Waals surface area contributed by atoms with E-state index in [0.717, 1.165) is 23.1 Å². The molecule has 1 aromatic carbocycles. The van der Waals surface area contributed by atoms with Crippen LogP contribution in [0.25, 0.3) is 10.9 Å². The van der Waals surface area contributed by atoms with Crippen molar-refractivity contribution < 1.29 is 4.74 Å². The van der Waals surface area contributed by atoms with Gasteiger partial charge in [-0.3, -0.25) is 0 Å². The summed E-state index contributed by atoms with van der Waals surface area (Å²) in [5.41, 5.74) is 1.04. The molecule has 1 heterocycles. The van der Waals surface area contributed by atoms with Gasteiger partial charge in [0.05, 0.1) is 11.6 Å². The number of benzene rings is 1. The van der Waals surface area contributed by atoms with Crippen LogP contribution in [0.15, 0.2) is 24.4 Å². The first-order valence-corrected chi connectivity index (χ1v) is 5.09. The van der Waals surface area contributed by atoms with Crippen LogP contribution in [0.4, 0.5) is 0 Å². The summed E-state index contributed by atoms with van der Waals surface area (Å²) in [7, 11) is 0. The van der Waals surface area contributed by atoms with Crippen LogP contribution < -0.4 is 4.74 Å². The molecule has 2 rings (SSSR count). The van der Waals surface area contributed by atoms with E-state index in [-0.39, 0.29) is 0 Å². The van der Waals surface area contributed by atoms with Gasteiger partial charge in [0.25, 0.3) is 0 Å². The second kappa shape index (κ2) is 3.93. The van der Waals surface area contributed by atoms with Crippen LogP contribution in [0.2, 0.25) is 5.02 Å². The van der Waals surface area contributed by atoms with E-state index in [4.69, 9.17) is 16.3 Å². The van der Waals surface area contributed by atoms with Crippen LogP contribution in [0.5, 0.6) is 5.75 Å². The van der Waals surface area contributed by atoms with Crippen molar-refractivity contribution in [2.75, 3.05) is 6.61 Å². The van der Waals surface area contributed by atoms with Crippen molar-refractivity contribution in [2.45, 2.75) is 13.3 Å². The van der Waals surface area contributed by atoms with Gasteiger partial charge in [-0.25, -0.2) is 0 Å². The first kappa shape index (κ1) is 9.41. The molecule has 14 heavy (non-hydrogen) atoms. The molecule has 74 valence electrons. The smallest absolute Gasteiger partial charge is 0.138 e. The highest BCUT2D eigenvalue weighted by Crippen LogP contribution is 2.32. The third-order valence-corrected chi connectivity index (χ3v) is 2.48. The SMILES string of the molecule is CCCOc1ccc2[nH]ccc2c1Cl. The molecule has 1 aromatic heterocycles. The third kappa shape index (κ3) is 1.58. The summed E-state index contributed by atoms with van der Waals surface area (Å²) in [6.07, 6.45) is 2.86. The van der Waals surface area contributed by atoms with Gasteiger partial charge >= 0.3 is 0 Å². The molecule has 0 atom stereocenters. The first-order valence-electron chi connectivity index (χ1n) is 4.71. The van der Waals surface area contributed by atoms with Crippen molar-refractivity contribution in [1.82, 2.24) is 4.98 Å². The molecule has 0 aliphatic carbocycles. The lowest BCUT2D eigenvalue weighted by Gasteiger charge is -2.06. The van der Waals surface area contributed by atoms with E-state index in [0.29, 0.717) is 11.6 Å². The molecule has 0 unspecified atom stereocenters. The fourth-order valence-corrected chi connectivity index (χ4v) is 1.68. The molecule has 0 amide bonds.